The molecule has 0 fully saturated rings. The summed E-state index contributed by atoms with van der Waals surface area (Å²) in [6, 6.07) is 0. The van der Waals surface area contributed by atoms with E-state index in [0.717, 1.165) is 51.7 Å². The molecule has 0 spiro atoms. The summed E-state index contributed by atoms with van der Waals surface area (Å²) in [5.41, 5.74) is 9.17. The highest BCUT2D eigenvalue weighted by Crippen LogP contribution is 2.24. The monoisotopic (exact) mass is 332 g/mol. The number of unbranched alkanes of at least 4 members (excludes halogenated alkanes) is 1. The predicted octanol–water partition coefficient (Wildman–Crippen LogP) is 2.65. The van der Waals surface area contributed by atoms with Crippen LogP contribution in [0.15, 0.2) is 35.5 Å². The second kappa shape index (κ2) is 9.57. The van der Waals surface area contributed by atoms with Crippen molar-refractivity contribution in [2.45, 2.75) is 63.7 Å². The molecule has 5 heteroatoms. The Balaban J connectivity index is 1.68. The zero-order chi connectivity index (χ0) is 17.4. The molecule has 1 atom stereocenters. The van der Waals surface area contributed by atoms with Gasteiger partial charge in [-0.3, -0.25) is 4.90 Å². The van der Waals surface area contributed by atoms with Crippen molar-refractivity contribution in [1.29, 1.82) is 0 Å². The van der Waals surface area contributed by atoms with Crippen molar-refractivity contribution >= 4 is 7.12 Å². The van der Waals surface area contributed by atoms with Crippen LogP contribution in [0.4, 0.5) is 0 Å². The lowest BCUT2D eigenvalue weighted by Gasteiger charge is -2.31. The van der Waals surface area contributed by atoms with Crippen LogP contribution in [0.25, 0.3) is 0 Å². The topological polar surface area (TPSA) is 69.7 Å². The molecule has 0 aromatic carbocycles. The van der Waals surface area contributed by atoms with E-state index < -0.39 is 7.12 Å². The molecule has 4 N–H and O–H groups in total. The third kappa shape index (κ3) is 6.93. The average Bonchev–Trinajstić information content (AvgIpc) is 2.58. The van der Waals surface area contributed by atoms with E-state index in [1.807, 2.05) is 0 Å². The van der Waals surface area contributed by atoms with Gasteiger partial charge >= 0.3 is 7.12 Å². The highest BCUT2D eigenvalue weighted by atomic mass is 16.4. The van der Waals surface area contributed by atoms with Crippen molar-refractivity contribution < 1.29 is 10.0 Å². The molecule has 2 aliphatic rings. The molecule has 0 amide bonds. The van der Waals surface area contributed by atoms with Gasteiger partial charge in [-0.2, -0.15) is 0 Å². The van der Waals surface area contributed by atoms with Crippen LogP contribution in [0.5, 0.6) is 0 Å². The Kier molecular flexibility index (Phi) is 7.75. The van der Waals surface area contributed by atoms with Crippen molar-refractivity contribution in [1.82, 2.24) is 4.90 Å². The molecule has 1 aliphatic heterocycles. The first kappa shape index (κ1) is 19.4. The molecule has 0 saturated heterocycles. The van der Waals surface area contributed by atoms with Crippen LogP contribution >= 0.6 is 0 Å². The van der Waals surface area contributed by atoms with Crippen molar-refractivity contribution in [3.05, 3.63) is 35.5 Å². The molecule has 1 unspecified atom stereocenters. The largest absolute Gasteiger partial charge is 0.451 e. The lowest BCUT2D eigenvalue weighted by Crippen LogP contribution is -2.41. The Bertz CT molecular complexity index is 484. The molecule has 0 bridgehead atoms. The second-order valence-electron chi connectivity index (χ2n) is 7.55. The first-order valence-corrected chi connectivity index (χ1v) is 9.40. The minimum atomic E-state index is -1.18. The summed E-state index contributed by atoms with van der Waals surface area (Å²) in [6.07, 6.45) is 16.9. The number of hydrogen-bond acceptors (Lipinski definition) is 4. The predicted molar refractivity (Wildman–Crippen MR) is 102 cm³/mol. The van der Waals surface area contributed by atoms with E-state index >= 15 is 0 Å². The highest BCUT2D eigenvalue weighted by molar-refractivity contribution is 6.40. The fraction of sp³-hybridized carbons (Fsp3) is 0.684. The molecule has 1 aliphatic carbocycles. The Morgan fingerprint density at radius 3 is 2.67 bits per heavy atom. The smallest absolute Gasteiger partial charge is 0.427 e. The van der Waals surface area contributed by atoms with Crippen LogP contribution in [0.2, 0.25) is 6.32 Å². The lowest BCUT2D eigenvalue weighted by atomic mass is 9.82. The summed E-state index contributed by atoms with van der Waals surface area (Å²) < 4.78 is 0. The third-order valence-corrected chi connectivity index (χ3v) is 5.12. The van der Waals surface area contributed by atoms with E-state index in [0.29, 0.717) is 6.32 Å². The molecular weight excluding hydrogens is 299 g/mol. The maximum absolute atomic E-state index is 8.87. The molecular formula is C19H33BN2O2. The van der Waals surface area contributed by atoms with E-state index in [1.165, 1.54) is 24.0 Å². The van der Waals surface area contributed by atoms with Gasteiger partial charge in [-0.1, -0.05) is 37.1 Å². The van der Waals surface area contributed by atoms with Gasteiger partial charge in [0.15, 0.2) is 0 Å². The highest BCUT2D eigenvalue weighted by Gasteiger charge is 2.21. The van der Waals surface area contributed by atoms with Crippen molar-refractivity contribution in [2.75, 3.05) is 19.6 Å². The Labute approximate surface area is 147 Å². The summed E-state index contributed by atoms with van der Waals surface area (Å²) >= 11 is 0. The summed E-state index contributed by atoms with van der Waals surface area (Å²) in [4.78, 5) is 2.49. The Morgan fingerprint density at radius 1 is 1.21 bits per heavy atom. The minimum Gasteiger partial charge on any atom is -0.427 e. The van der Waals surface area contributed by atoms with Crippen LogP contribution in [-0.2, 0) is 0 Å². The average molecular weight is 332 g/mol. The molecule has 4 nitrogen and oxygen atoms in total. The van der Waals surface area contributed by atoms with Gasteiger partial charge in [-0.15, -0.1) is 0 Å². The molecule has 1 heterocycles. The Hall–Kier alpha value is -0.875. The van der Waals surface area contributed by atoms with Gasteiger partial charge in [0.2, 0.25) is 0 Å². The van der Waals surface area contributed by atoms with E-state index in [4.69, 9.17) is 15.8 Å². The van der Waals surface area contributed by atoms with Crippen LogP contribution in [0, 0.1) is 0 Å². The fourth-order valence-corrected chi connectivity index (χ4v) is 3.42. The normalized spacial score (nSPS) is 21.2. The standard InChI is InChI=1S/C19H33BN2O2/c1-19(21,11-5-6-13-20(23)24)12-16-22-14-9-18(10-15-22)17-7-3-2-4-8-17/h3,7-9,23-24H,2,4-6,10-16,21H2,1H3. The Morgan fingerprint density at radius 2 is 2.04 bits per heavy atom. The van der Waals surface area contributed by atoms with Crippen LogP contribution in [0.3, 0.4) is 0 Å². The molecule has 0 aromatic heterocycles. The number of hydrogen-bond donors (Lipinski definition) is 3. The molecule has 2 rings (SSSR count). The van der Waals surface area contributed by atoms with Crippen molar-refractivity contribution in [3.8, 4) is 0 Å². The first-order valence-electron chi connectivity index (χ1n) is 9.40. The number of rotatable bonds is 9. The molecule has 24 heavy (non-hydrogen) atoms. The summed E-state index contributed by atoms with van der Waals surface area (Å²) in [7, 11) is -1.18. The quantitative estimate of drug-likeness (QED) is 0.448. The van der Waals surface area contributed by atoms with Gasteiger partial charge in [0.1, 0.15) is 0 Å². The lowest BCUT2D eigenvalue weighted by molar-refractivity contribution is 0.251. The zero-order valence-corrected chi connectivity index (χ0v) is 15.1. The summed E-state index contributed by atoms with van der Waals surface area (Å²) in [5.74, 6) is 0. The van der Waals surface area contributed by atoms with Crippen molar-refractivity contribution in [2.24, 2.45) is 5.73 Å². The summed E-state index contributed by atoms with van der Waals surface area (Å²) in [6.45, 7) is 5.29. The molecule has 0 radical (unpaired) electrons. The van der Waals surface area contributed by atoms with Crippen LogP contribution in [-0.4, -0.2) is 47.2 Å². The van der Waals surface area contributed by atoms with Crippen LogP contribution < -0.4 is 5.73 Å². The molecule has 134 valence electrons. The van der Waals surface area contributed by atoms with Crippen LogP contribution in [0.1, 0.15) is 51.9 Å². The van der Waals surface area contributed by atoms with Crippen molar-refractivity contribution in [3.63, 3.8) is 0 Å². The number of nitrogens with zero attached hydrogens (tertiary/aromatic N) is 1. The van der Waals surface area contributed by atoms with E-state index in [2.05, 4.69) is 36.1 Å². The third-order valence-electron chi connectivity index (χ3n) is 5.12. The van der Waals surface area contributed by atoms with Gasteiger partial charge in [-0.05, 0) is 56.5 Å². The number of allylic oxidation sites excluding steroid dienone is 4. The van der Waals surface area contributed by atoms with Gasteiger partial charge in [0, 0.05) is 25.2 Å². The zero-order valence-electron chi connectivity index (χ0n) is 15.1. The second-order valence-corrected chi connectivity index (χ2v) is 7.55. The first-order chi connectivity index (χ1) is 11.5. The van der Waals surface area contributed by atoms with E-state index in [9.17, 15) is 0 Å². The van der Waals surface area contributed by atoms with E-state index in [1.54, 1.807) is 0 Å². The minimum absolute atomic E-state index is 0.168. The van der Waals surface area contributed by atoms with Gasteiger partial charge in [0.05, 0.1) is 0 Å². The van der Waals surface area contributed by atoms with Gasteiger partial charge in [-0.25, -0.2) is 0 Å². The maximum Gasteiger partial charge on any atom is 0.451 e. The summed E-state index contributed by atoms with van der Waals surface area (Å²) in [5, 5.41) is 17.7. The molecule has 0 saturated carbocycles. The van der Waals surface area contributed by atoms with Gasteiger partial charge in [0.25, 0.3) is 0 Å². The SMILES string of the molecule is CC(N)(CCCCB(O)O)CCN1CC=C(C2=CCCC=C2)CC1. The number of nitrogens with two attached hydrogens (primary N) is 1. The fourth-order valence-electron chi connectivity index (χ4n) is 3.42. The van der Waals surface area contributed by atoms with E-state index in [-0.39, 0.29) is 5.54 Å². The maximum atomic E-state index is 8.87. The van der Waals surface area contributed by atoms with Gasteiger partial charge < -0.3 is 15.8 Å². The molecule has 0 aromatic rings.